The minimum Gasteiger partial charge on any atom is -0.379 e. The molecule has 2 rings (SSSR count). The number of morpholine rings is 1. The Kier molecular flexibility index (Phi) is 7.06. The van der Waals surface area contributed by atoms with Gasteiger partial charge in [0.15, 0.2) is 0 Å². The Morgan fingerprint density at radius 1 is 1.25 bits per heavy atom. The third-order valence-electron chi connectivity index (χ3n) is 4.63. The van der Waals surface area contributed by atoms with Crippen LogP contribution < -0.4 is 10.6 Å². The molecule has 1 aromatic carbocycles. The Bertz CT molecular complexity index is 499. The summed E-state index contributed by atoms with van der Waals surface area (Å²) >= 11 is 0. The van der Waals surface area contributed by atoms with Gasteiger partial charge in [-0.25, -0.2) is 4.79 Å². The first-order valence-electron chi connectivity index (χ1n) is 8.95. The molecule has 0 aliphatic carbocycles. The summed E-state index contributed by atoms with van der Waals surface area (Å²) in [7, 11) is 0. The lowest BCUT2D eigenvalue weighted by molar-refractivity contribution is -0.00876. The second-order valence-electron chi connectivity index (χ2n) is 6.99. The molecule has 5 nitrogen and oxygen atoms in total. The molecule has 1 atom stereocenters. The molecule has 1 aliphatic heterocycles. The van der Waals surface area contributed by atoms with E-state index in [0.29, 0.717) is 6.54 Å². The number of hydrogen-bond donors (Lipinski definition) is 2. The number of benzene rings is 1. The van der Waals surface area contributed by atoms with E-state index in [9.17, 15) is 4.79 Å². The molecule has 0 bridgehead atoms. The molecule has 2 amide bonds. The van der Waals surface area contributed by atoms with Gasteiger partial charge in [0.1, 0.15) is 0 Å². The van der Waals surface area contributed by atoms with E-state index in [1.54, 1.807) is 0 Å². The van der Waals surface area contributed by atoms with E-state index in [2.05, 4.69) is 48.4 Å². The van der Waals surface area contributed by atoms with Crippen molar-refractivity contribution in [3.05, 3.63) is 35.9 Å². The molecule has 1 saturated heterocycles. The fraction of sp³-hybridized carbons (Fsp3) is 0.632. The largest absolute Gasteiger partial charge is 0.379 e. The van der Waals surface area contributed by atoms with Crippen molar-refractivity contribution in [1.29, 1.82) is 0 Å². The van der Waals surface area contributed by atoms with Crippen molar-refractivity contribution in [2.45, 2.75) is 45.2 Å². The number of rotatable bonds is 7. The van der Waals surface area contributed by atoms with Gasteiger partial charge in [0.05, 0.1) is 19.3 Å². The van der Waals surface area contributed by atoms with Crippen LogP contribution in [0.1, 0.15) is 45.2 Å². The van der Waals surface area contributed by atoms with Gasteiger partial charge in [-0.1, -0.05) is 43.7 Å². The van der Waals surface area contributed by atoms with Crippen LogP contribution in [0.25, 0.3) is 0 Å². The molecule has 0 unspecified atom stereocenters. The first-order chi connectivity index (χ1) is 11.5. The molecule has 0 aromatic heterocycles. The Balaban J connectivity index is 1.86. The fourth-order valence-corrected chi connectivity index (χ4v) is 3.08. The van der Waals surface area contributed by atoms with Crippen LogP contribution in [0.5, 0.6) is 0 Å². The Hall–Kier alpha value is -1.59. The van der Waals surface area contributed by atoms with Gasteiger partial charge >= 0.3 is 6.03 Å². The number of amides is 2. The maximum absolute atomic E-state index is 12.4. The number of urea groups is 1. The fourth-order valence-electron chi connectivity index (χ4n) is 3.08. The van der Waals surface area contributed by atoms with Crippen LogP contribution in [0.2, 0.25) is 0 Å². The van der Waals surface area contributed by atoms with E-state index in [0.717, 1.165) is 44.7 Å². The number of nitrogens with one attached hydrogen (secondary N) is 2. The SMILES string of the molecule is CCC[C@@H](NC(=O)NCC(C)(C)N1CCOCC1)c1ccccc1. The molecule has 0 saturated carbocycles. The second kappa shape index (κ2) is 9.04. The van der Waals surface area contributed by atoms with Gasteiger partial charge in [0, 0.05) is 25.2 Å². The van der Waals surface area contributed by atoms with Crippen LogP contribution >= 0.6 is 0 Å². The van der Waals surface area contributed by atoms with Crippen molar-refractivity contribution in [1.82, 2.24) is 15.5 Å². The van der Waals surface area contributed by atoms with E-state index < -0.39 is 0 Å². The lowest BCUT2D eigenvalue weighted by Gasteiger charge is -2.40. The summed E-state index contributed by atoms with van der Waals surface area (Å²) in [5.41, 5.74) is 1.08. The summed E-state index contributed by atoms with van der Waals surface area (Å²) < 4.78 is 5.41. The summed E-state index contributed by atoms with van der Waals surface area (Å²) in [6, 6.07) is 10.1. The van der Waals surface area contributed by atoms with Gasteiger partial charge in [-0.15, -0.1) is 0 Å². The second-order valence-corrected chi connectivity index (χ2v) is 6.99. The summed E-state index contributed by atoms with van der Waals surface area (Å²) in [5.74, 6) is 0. The van der Waals surface area contributed by atoms with Gasteiger partial charge in [-0.05, 0) is 25.8 Å². The molecule has 24 heavy (non-hydrogen) atoms. The van der Waals surface area contributed by atoms with E-state index in [1.165, 1.54) is 0 Å². The van der Waals surface area contributed by atoms with Crippen molar-refractivity contribution in [3.8, 4) is 0 Å². The van der Waals surface area contributed by atoms with Crippen molar-refractivity contribution < 1.29 is 9.53 Å². The predicted octanol–water partition coefficient (Wildman–Crippen LogP) is 2.94. The third-order valence-corrected chi connectivity index (χ3v) is 4.63. The van der Waals surface area contributed by atoms with Crippen molar-refractivity contribution in [2.75, 3.05) is 32.8 Å². The topological polar surface area (TPSA) is 53.6 Å². The molecular weight excluding hydrogens is 302 g/mol. The van der Waals surface area contributed by atoms with Crippen LogP contribution in [0.15, 0.2) is 30.3 Å². The van der Waals surface area contributed by atoms with Gasteiger partial charge in [0.25, 0.3) is 0 Å². The van der Waals surface area contributed by atoms with Crippen LogP contribution in [-0.4, -0.2) is 49.3 Å². The number of carbonyl (C=O) groups excluding carboxylic acids is 1. The summed E-state index contributed by atoms with van der Waals surface area (Å²) in [5, 5.41) is 6.16. The Morgan fingerprint density at radius 3 is 2.54 bits per heavy atom. The zero-order valence-corrected chi connectivity index (χ0v) is 15.2. The molecule has 1 heterocycles. The maximum atomic E-state index is 12.4. The number of hydrogen-bond acceptors (Lipinski definition) is 3. The minimum atomic E-state index is -0.0985. The van der Waals surface area contributed by atoms with Crippen LogP contribution in [0.4, 0.5) is 4.79 Å². The average molecular weight is 333 g/mol. The highest BCUT2D eigenvalue weighted by atomic mass is 16.5. The average Bonchev–Trinajstić information content (AvgIpc) is 2.61. The highest BCUT2D eigenvalue weighted by molar-refractivity contribution is 5.74. The van der Waals surface area contributed by atoms with Crippen LogP contribution in [0, 0.1) is 0 Å². The third kappa shape index (κ3) is 5.49. The zero-order chi connectivity index (χ0) is 17.4. The standard InChI is InChI=1S/C19H31N3O2/c1-4-8-17(16-9-6-5-7-10-16)21-18(23)20-15-19(2,3)22-11-13-24-14-12-22/h5-7,9-10,17H,4,8,11-15H2,1-3H3,(H2,20,21,23)/t17-/m1/s1. The molecule has 5 heteroatoms. The molecule has 0 spiro atoms. The maximum Gasteiger partial charge on any atom is 0.315 e. The highest BCUT2D eigenvalue weighted by Crippen LogP contribution is 2.18. The summed E-state index contributed by atoms with van der Waals surface area (Å²) in [4.78, 5) is 14.7. The summed E-state index contributed by atoms with van der Waals surface area (Å²) in [6.07, 6.45) is 1.96. The highest BCUT2D eigenvalue weighted by Gasteiger charge is 2.28. The number of ether oxygens (including phenoxy) is 1. The Morgan fingerprint density at radius 2 is 1.92 bits per heavy atom. The smallest absolute Gasteiger partial charge is 0.315 e. The normalized spacial score (nSPS) is 17.3. The van der Waals surface area contributed by atoms with Crippen LogP contribution in [-0.2, 0) is 4.74 Å². The van der Waals surface area contributed by atoms with Crippen LogP contribution in [0.3, 0.4) is 0 Å². The van der Waals surface area contributed by atoms with Gasteiger partial charge in [-0.3, -0.25) is 4.90 Å². The van der Waals surface area contributed by atoms with E-state index >= 15 is 0 Å². The lowest BCUT2D eigenvalue weighted by atomic mass is 10.0. The monoisotopic (exact) mass is 333 g/mol. The van der Waals surface area contributed by atoms with Gasteiger partial charge in [0.2, 0.25) is 0 Å². The molecule has 1 fully saturated rings. The van der Waals surface area contributed by atoms with Gasteiger partial charge in [-0.2, -0.15) is 0 Å². The number of carbonyl (C=O) groups is 1. The molecule has 1 aromatic rings. The first kappa shape index (κ1) is 18.7. The minimum absolute atomic E-state index is 0.0581. The lowest BCUT2D eigenvalue weighted by Crippen LogP contribution is -2.56. The van der Waals surface area contributed by atoms with E-state index in [1.807, 2.05) is 18.2 Å². The van der Waals surface area contributed by atoms with Crippen molar-refractivity contribution in [2.24, 2.45) is 0 Å². The Labute approximate surface area is 145 Å². The molecule has 134 valence electrons. The zero-order valence-electron chi connectivity index (χ0n) is 15.2. The van der Waals surface area contributed by atoms with Crippen molar-refractivity contribution in [3.63, 3.8) is 0 Å². The molecular formula is C19H31N3O2. The predicted molar refractivity (Wildman–Crippen MR) is 97.1 cm³/mol. The summed E-state index contributed by atoms with van der Waals surface area (Å²) in [6.45, 7) is 10.4. The molecule has 1 aliphatic rings. The number of nitrogens with zero attached hydrogens (tertiary/aromatic N) is 1. The van der Waals surface area contributed by atoms with Gasteiger partial charge < -0.3 is 15.4 Å². The quantitative estimate of drug-likeness (QED) is 0.807. The van der Waals surface area contributed by atoms with Crippen molar-refractivity contribution >= 4 is 6.03 Å². The first-order valence-corrected chi connectivity index (χ1v) is 8.95. The molecule has 0 radical (unpaired) electrons. The molecule has 2 N–H and O–H groups in total. The van der Waals surface area contributed by atoms with E-state index in [4.69, 9.17) is 4.74 Å². The van der Waals surface area contributed by atoms with E-state index in [-0.39, 0.29) is 17.6 Å².